The minimum absolute atomic E-state index is 0.00678. The molecule has 0 radical (unpaired) electrons. The quantitative estimate of drug-likeness (QED) is 0.223. The fourth-order valence-corrected chi connectivity index (χ4v) is 8.54. The molecule has 15 heteroatoms. The summed E-state index contributed by atoms with van der Waals surface area (Å²) in [6.07, 6.45) is 1.86. The third kappa shape index (κ3) is 6.89. The first-order chi connectivity index (χ1) is 26.2. The number of ketones is 2. The highest BCUT2D eigenvalue weighted by Crippen LogP contribution is 2.59. The molecule has 4 aromatic heterocycles. The summed E-state index contributed by atoms with van der Waals surface area (Å²) in [6.45, 7) is 4.89. The van der Waals surface area contributed by atoms with Gasteiger partial charge < -0.3 is 10.2 Å². The van der Waals surface area contributed by atoms with Gasteiger partial charge in [-0.1, -0.05) is 18.9 Å². The van der Waals surface area contributed by atoms with Crippen molar-refractivity contribution in [3.63, 3.8) is 0 Å². The van der Waals surface area contributed by atoms with E-state index in [1.165, 1.54) is 13.0 Å². The zero-order valence-electron chi connectivity index (χ0n) is 30.9. The topological polar surface area (TPSA) is 144 Å². The molecule has 2 amide bonds. The van der Waals surface area contributed by atoms with Crippen LogP contribution in [0.3, 0.4) is 0 Å². The molecule has 2 bridgehead atoms. The summed E-state index contributed by atoms with van der Waals surface area (Å²) in [5.74, 6) is -0.534. The Morgan fingerprint density at radius 3 is 2.49 bits per heavy atom. The molecule has 5 aromatic rings. The number of carbonyl (C=O) groups excluding carboxylic acids is 4. The van der Waals surface area contributed by atoms with Crippen LogP contribution in [0.25, 0.3) is 27.7 Å². The first-order valence-corrected chi connectivity index (χ1v) is 18.7. The van der Waals surface area contributed by atoms with E-state index in [9.17, 15) is 32.3 Å². The number of nitrogens with one attached hydrogen (secondary N) is 1. The molecule has 1 aromatic carbocycles. The van der Waals surface area contributed by atoms with E-state index in [1.54, 1.807) is 21.0 Å². The predicted octanol–water partition coefficient (Wildman–Crippen LogP) is 5.77. The minimum Gasteiger partial charge on any atom is -0.355 e. The van der Waals surface area contributed by atoms with E-state index in [0.717, 1.165) is 42.0 Å². The van der Waals surface area contributed by atoms with Crippen molar-refractivity contribution in [2.75, 3.05) is 6.54 Å². The van der Waals surface area contributed by atoms with Crippen LogP contribution < -0.4 is 5.32 Å². The maximum atomic E-state index is 14.5. The van der Waals surface area contributed by atoms with Crippen molar-refractivity contribution in [2.24, 2.45) is 5.41 Å². The lowest BCUT2D eigenvalue weighted by molar-refractivity contribution is -0.141. The van der Waals surface area contributed by atoms with Gasteiger partial charge in [-0.15, -0.1) is 0 Å². The number of halogens is 3. The molecule has 6 heterocycles. The fourth-order valence-electron chi connectivity index (χ4n) is 8.54. The third-order valence-electron chi connectivity index (χ3n) is 11.5. The van der Waals surface area contributed by atoms with Gasteiger partial charge in [0.2, 0.25) is 11.8 Å². The Bertz CT molecular complexity index is 2400. The second kappa shape index (κ2) is 13.7. The van der Waals surface area contributed by atoms with Crippen molar-refractivity contribution in [1.82, 2.24) is 39.6 Å². The Hall–Kier alpha value is -5.47. The van der Waals surface area contributed by atoms with Crippen LogP contribution in [0.2, 0.25) is 0 Å². The molecule has 3 aliphatic rings. The number of hydrogen-bond acceptors (Lipinski definition) is 8. The summed E-state index contributed by atoms with van der Waals surface area (Å²) in [5.41, 5.74) is 3.02. The van der Waals surface area contributed by atoms with E-state index in [-0.39, 0.29) is 55.1 Å². The van der Waals surface area contributed by atoms with E-state index in [4.69, 9.17) is 5.10 Å². The number of hydrogen-bond donors (Lipinski definition) is 1. The zero-order valence-corrected chi connectivity index (χ0v) is 30.9. The number of piperidine rings is 1. The van der Waals surface area contributed by atoms with Crippen LogP contribution in [0.1, 0.15) is 90.7 Å². The molecule has 1 saturated carbocycles. The van der Waals surface area contributed by atoms with Gasteiger partial charge in [0.15, 0.2) is 17.2 Å². The number of carbonyl (C=O) groups is 4. The van der Waals surface area contributed by atoms with Crippen molar-refractivity contribution in [1.29, 1.82) is 0 Å². The molecule has 1 N–H and O–H groups in total. The Kier molecular flexibility index (Phi) is 9.08. The lowest BCUT2D eigenvalue weighted by Crippen LogP contribution is -2.45. The van der Waals surface area contributed by atoms with Crippen molar-refractivity contribution >= 4 is 39.9 Å². The van der Waals surface area contributed by atoms with Crippen molar-refractivity contribution in [3.8, 4) is 11.1 Å². The molecule has 8 rings (SSSR count). The van der Waals surface area contributed by atoms with E-state index in [2.05, 4.69) is 26.4 Å². The second-order valence-electron chi connectivity index (χ2n) is 15.4. The molecular weight excluding hydrogens is 713 g/mol. The van der Waals surface area contributed by atoms with Gasteiger partial charge in [0.1, 0.15) is 23.8 Å². The largest absolute Gasteiger partial charge is 0.433 e. The molecule has 286 valence electrons. The van der Waals surface area contributed by atoms with Crippen molar-refractivity contribution < 1.29 is 32.3 Å². The van der Waals surface area contributed by atoms with Gasteiger partial charge in [-0.05, 0) is 93.0 Å². The Labute approximate surface area is 314 Å². The number of Topliss-reactive ketones (excluding diaryl/α,β-unsaturated/α-hetero) is 2. The van der Waals surface area contributed by atoms with Gasteiger partial charge in [-0.2, -0.15) is 23.4 Å². The smallest absolute Gasteiger partial charge is 0.355 e. The average molecular weight is 755 g/mol. The number of pyridine rings is 2. The van der Waals surface area contributed by atoms with Gasteiger partial charge in [0.25, 0.3) is 0 Å². The summed E-state index contributed by atoms with van der Waals surface area (Å²) in [7, 11) is 0. The molecule has 2 aliphatic heterocycles. The maximum absolute atomic E-state index is 14.5. The highest BCUT2D eigenvalue weighted by atomic mass is 19.4. The van der Waals surface area contributed by atoms with E-state index in [0.29, 0.717) is 53.6 Å². The molecule has 1 saturated heterocycles. The second-order valence-corrected chi connectivity index (χ2v) is 15.4. The number of nitrogens with zero attached hydrogens (tertiary/aromatic N) is 7. The SMILES string of the molecule is CC(=O)c1nn2c3c(cc(-c4ccc5nc(C)nn5c4)cc13)CCCCCCC(=O)NC[C@@]13C[C@@H](C(=O)Cc4nc(C(F)(F)F)ccc4C)N(C(=O)C2)[C@@H]1C3. The third-order valence-corrected chi connectivity index (χ3v) is 11.5. The van der Waals surface area contributed by atoms with Gasteiger partial charge in [0.05, 0.1) is 23.7 Å². The summed E-state index contributed by atoms with van der Waals surface area (Å²) in [6, 6.07) is 8.69. The number of aryl methyl sites for hydroxylation is 3. The molecule has 0 spiro atoms. The highest BCUT2D eigenvalue weighted by molar-refractivity contribution is 6.07. The molecular formula is C40H41F3N8O4. The molecule has 1 aliphatic carbocycles. The molecule has 2 fully saturated rings. The van der Waals surface area contributed by atoms with Gasteiger partial charge in [-0.3, -0.25) is 23.9 Å². The van der Waals surface area contributed by atoms with Gasteiger partial charge >= 0.3 is 6.18 Å². The number of rotatable bonds is 5. The maximum Gasteiger partial charge on any atom is 0.433 e. The first kappa shape index (κ1) is 36.5. The Balaban J connectivity index is 1.18. The Morgan fingerprint density at radius 2 is 1.73 bits per heavy atom. The van der Waals surface area contributed by atoms with Crippen molar-refractivity contribution in [3.05, 3.63) is 76.6 Å². The lowest BCUT2D eigenvalue weighted by atomic mass is 9.94. The standard InChI is InChI=1S/C40H41F3N8O4/c1-22-10-12-32(40(41,42)43)46-29(22)16-31(53)30-17-39-18-33(39)51(30)36(55)20-50-38-25(8-6-4-5-7-9-35(54)44-21-39)14-27(15-28(38)37(48-50)23(2)52)26-11-13-34-45-24(3)47-49(34)19-26/h10-15,19,30,33H,4-9,16-18,20-21H2,1-3H3,(H,44,54)/t30-,33+,39-/m0/s1. The summed E-state index contributed by atoms with van der Waals surface area (Å²) < 4.78 is 44.0. The van der Waals surface area contributed by atoms with Crippen molar-refractivity contribution in [2.45, 2.75) is 103 Å². The van der Waals surface area contributed by atoms with Crippen LogP contribution >= 0.6 is 0 Å². The van der Waals surface area contributed by atoms with Crippen LogP contribution in [0.4, 0.5) is 13.2 Å². The van der Waals surface area contributed by atoms with Crippen LogP contribution in [0, 0.1) is 19.3 Å². The van der Waals surface area contributed by atoms with Crippen LogP contribution in [0.5, 0.6) is 0 Å². The number of alkyl halides is 3. The highest BCUT2D eigenvalue weighted by Gasteiger charge is 2.66. The van der Waals surface area contributed by atoms with E-state index in [1.807, 2.05) is 31.3 Å². The summed E-state index contributed by atoms with van der Waals surface area (Å²) in [4.78, 5) is 64.4. The van der Waals surface area contributed by atoms with Gasteiger partial charge in [-0.25, -0.2) is 14.5 Å². The zero-order chi connectivity index (χ0) is 38.8. The summed E-state index contributed by atoms with van der Waals surface area (Å²) in [5, 5.41) is 12.8. The number of aromatic nitrogens is 6. The number of benzene rings is 1. The normalized spacial score (nSPS) is 22.1. The summed E-state index contributed by atoms with van der Waals surface area (Å²) >= 11 is 0. The van der Waals surface area contributed by atoms with E-state index < -0.39 is 35.0 Å². The Morgan fingerprint density at radius 1 is 0.945 bits per heavy atom. The molecule has 12 nitrogen and oxygen atoms in total. The monoisotopic (exact) mass is 754 g/mol. The average Bonchev–Trinajstić information content (AvgIpc) is 3.36. The lowest BCUT2D eigenvalue weighted by Gasteiger charge is -2.27. The first-order valence-electron chi connectivity index (χ1n) is 18.7. The van der Waals surface area contributed by atoms with Gasteiger partial charge in [0, 0.05) is 48.5 Å². The predicted molar refractivity (Wildman–Crippen MR) is 195 cm³/mol. The van der Waals surface area contributed by atoms with Crippen LogP contribution in [-0.2, 0) is 39.9 Å². The van der Waals surface area contributed by atoms with E-state index >= 15 is 0 Å². The minimum atomic E-state index is -4.68. The number of amides is 2. The number of fused-ring (bicyclic) bond motifs is 1. The molecule has 55 heavy (non-hydrogen) atoms. The van der Waals surface area contributed by atoms with Crippen LogP contribution in [-0.4, -0.2) is 76.3 Å². The molecule has 0 unspecified atom stereocenters. The molecule has 3 atom stereocenters. The fraction of sp³-hybridized carbons (Fsp3) is 0.450. The van der Waals surface area contributed by atoms with Crippen LogP contribution in [0.15, 0.2) is 42.6 Å².